The molecular formula is C15H24N2O3S. The minimum absolute atomic E-state index is 0.456. The van der Waals surface area contributed by atoms with Gasteiger partial charge in [0.25, 0.3) is 0 Å². The van der Waals surface area contributed by atoms with Gasteiger partial charge in [0.05, 0.1) is 19.5 Å². The number of rotatable bonds is 3. The Morgan fingerprint density at radius 1 is 1.05 bits per heavy atom. The van der Waals surface area contributed by atoms with Gasteiger partial charge in [-0.25, -0.2) is 8.42 Å². The zero-order chi connectivity index (χ0) is 15.1. The zero-order valence-corrected chi connectivity index (χ0v) is 13.4. The van der Waals surface area contributed by atoms with Crippen molar-refractivity contribution >= 4 is 10.0 Å². The minimum Gasteiger partial charge on any atom is -0.379 e. The molecule has 0 amide bonds. The Morgan fingerprint density at radius 2 is 1.76 bits per heavy atom. The summed E-state index contributed by atoms with van der Waals surface area (Å²) >= 11 is 0. The molecular weight excluding hydrogens is 288 g/mol. The molecule has 1 aromatic rings. The van der Waals surface area contributed by atoms with E-state index in [2.05, 4.69) is 17.0 Å². The third-order valence-electron chi connectivity index (χ3n) is 3.64. The van der Waals surface area contributed by atoms with Gasteiger partial charge in [-0.1, -0.05) is 30.3 Å². The number of hydrogen-bond donors (Lipinski definition) is 0. The Hall–Kier alpha value is -0.950. The molecule has 0 bridgehead atoms. The average molecular weight is 312 g/mol. The van der Waals surface area contributed by atoms with Crippen LogP contribution in [0.4, 0.5) is 0 Å². The van der Waals surface area contributed by atoms with Gasteiger partial charge in [-0.3, -0.25) is 4.90 Å². The zero-order valence-electron chi connectivity index (χ0n) is 12.6. The lowest BCUT2D eigenvalue weighted by Crippen LogP contribution is -2.38. The molecule has 0 atom stereocenters. The maximum atomic E-state index is 11.7. The van der Waals surface area contributed by atoms with Crippen molar-refractivity contribution in [1.82, 2.24) is 9.21 Å². The Balaban J connectivity index is 1.92. The molecule has 5 nitrogen and oxygen atoms in total. The van der Waals surface area contributed by atoms with Gasteiger partial charge in [-0.2, -0.15) is 4.31 Å². The molecule has 1 aromatic carbocycles. The summed E-state index contributed by atoms with van der Waals surface area (Å²) in [5, 5.41) is 0. The largest absolute Gasteiger partial charge is 0.379 e. The molecule has 1 aliphatic heterocycles. The number of ether oxygens (including phenoxy) is 1. The predicted molar refractivity (Wildman–Crippen MR) is 83.6 cm³/mol. The third-order valence-corrected chi connectivity index (χ3v) is 4.94. The van der Waals surface area contributed by atoms with E-state index in [9.17, 15) is 8.42 Å². The van der Waals surface area contributed by atoms with Crippen LogP contribution < -0.4 is 0 Å². The number of sulfonamides is 1. The van der Waals surface area contributed by atoms with Crippen LogP contribution in [0.15, 0.2) is 30.3 Å². The maximum absolute atomic E-state index is 11.7. The van der Waals surface area contributed by atoms with Gasteiger partial charge in [-0.05, 0) is 18.5 Å². The molecule has 0 radical (unpaired) electrons. The Bertz CT molecular complexity index is 519. The second-order valence-electron chi connectivity index (χ2n) is 5.39. The Kier molecular flexibility index (Phi) is 6.17. The first-order chi connectivity index (χ1) is 10.1. The lowest BCUT2D eigenvalue weighted by Gasteiger charge is -2.27. The van der Waals surface area contributed by atoms with Gasteiger partial charge in [-0.15, -0.1) is 0 Å². The van der Waals surface area contributed by atoms with Crippen molar-refractivity contribution in [2.24, 2.45) is 0 Å². The Labute approximate surface area is 127 Å². The molecule has 1 fully saturated rings. The van der Waals surface area contributed by atoms with Crippen molar-refractivity contribution in [1.29, 1.82) is 0 Å². The van der Waals surface area contributed by atoms with Crippen LogP contribution in [-0.4, -0.2) is 63.3 Å². The molecule has 0 N–H and O–H groups in total. The Morgan fingerprint density at radius 3 is 2.48 bits per heavy atom. The first-order valence-corrected chi connectivity index (χ1v) is 9.20. The average Bonchev–Trinajstić information content (AvgIpc) is 2.45. The van der Waals surface area contributed by atoms with Crippen molar-refractivity contribution in [2.45, 2.75) is 13.0 Å². The van der Waals surface area contributed by atoms with Crippen molar-refractivity contribution < 1.29 is 13.2 Å². The summed E-state index contributed by atoms with van der Waals surface area (Å²) in [4.78, 5) is 2.32. The highest BCUT2D eigenvalue weighted by atomic mass is 32.2. The van der Waals surface area contributed by atoms with Crippen molar-refractivity contribution in [3.8, 4) is 0 Å². The fourth-order valence-corrected chi connectivity index (χ4v) is 3.35. The van der Waals surface area contributed by atoms with Gasteiger partial charge in [0.15, 0.2) is 0 Å². The fourth-order valence-electron chi connectivity index (χ4n) is 2.49. The summed E-state index contributed by atoms with van der Waals surface area (Å²) in [7, 11) is -3.14. The first kappa shape index (κ1) is 16.4. The van der Waals surface area contributed by atoms with Crippen LogP contribution in [0.25, 0.3) is 0 Å². The van der Waals surface area contributed by atoms with Crippen molar-refractivity contribution in [2.75, 3.05) is 45.6 Å². The minimum atomic E-state index is -3.14. The maximum Gasteiger partial charge on any atom is 0.211 e. The van der Waals surface area contributed by atoms with Gasteiger partial charge in [0.2, 0.25) is 10.0 Å². The van der Waals surface area contributed by atoms with Gasteiger partial charge in [0.1, 0.15) is 0 Å². The molecule has 0 aromatic heterocycles. The van der Waals surface area contributed by atoms with E-state index in [4.69, 9.17) is 4.74 Å². The van der Waals surface area contributed by atoms with Crippen LogP contribution >= 0.6 is 0 Å². The molecule has 0 aliphatic carbocycles. The topological polar surface area (TPSA) is 49.9 Å². The van der Waals surface area contributed by atoms with Gasteiger partial charge < -0.3 is 4.74 Å². The van der Waals surface area contributed by atoms with E-state index < -0.39 is 10.0 Å². The second kappa shape index (κ2) is 7.89. The molecule has 0 spiro atoms. The van der Waals surface area contributed by atoms with Crippen LogP contribution in [0, 0.1) is 0 Å². The molecule has 118 valence electrons. The molecule has 6 heteroatoms. The molecule has 1 saturated heterocycles. The summed E-state index contributed by atoms with van der Waals surface area (Å²) in [6.07, 6.45) is 2.11. The highest BCUT2D eigenvalue weighted by molar-refractivity contribution is 7.88. The molecule has 0 unspecified atom stereocenters. The van der Waals surface area contributed by atoms with E-state index in [1.54, 1.807) is 0 Å². The molecule has 0 saturated carbocycles. The van der Waals surface area contributed by atoms with Crippen molar-refractivity contribution in [3.63, 3.8) is 0 Å². The normalized spacial score (nSPS) is 20.2. The summed E-state index contributed by atoms with van der Waals surface area (Å²) in [6, 6.07) is 10.3. The standard InChI is InChI=1S/C15H24N2O3S/c1-21(18,19)17-9-5-8-16(10-12-20-13-11-17)14-15-6-3-2-4-7-15/h2-4,6-7H,5,8-14H2,1H3. The van der Waals surface area contributed by atoms with Crippen molar-refractivity contribution in [3.05, 3.63) is 35.9 Å². The van der Waals surface area contributed by atoms with Gasteiger partial charge in [0, 0.05) is 26.2 Å². The SMILES string of the molecule is CS(=O)(=O)N1CCCN(Cc2ccccc2)CCOCC1. The lowest BCUT2D eigenvalue weighted by atomic mass is 10.2. The molecule has 1 aliphatic rings. The fraction of sp³-hybridized carbons (Fsp3) is 0.600. The van der Waals surface area contributed by atoms with Crippen LogP contribution in [0.5, 0.6) is 0 Å². The smallest absolute Gasteiger partial charge is 0.211 e. The van der Waals surface area contributed by atoms with Crippen LogP contribution in [0.3, 0.4) is 0 Å². The van der Waals surface area contributed by atoms with Crippen LogP contribution in [-0.2, 0) is 21.3 Å². The van der Waals surface area contributed by atoms with E-state index in [1.165, 1.54) is 16.1 Å². The van der Waals surface area contributed by atoms with Crippen LogP contribution in [0.1, 0.15) is 12.0 Å². The van der Waals surface area contributed by atoms with E-state index in [-0.39, 0.29) is 0 Å². The summed E-state index contributed by atoms with van der Waals surface area (Å²) in [5.41, 5.74) is 1.27. The summed E-state index contributed by atoms with van der Waals surface area (Å²) in [6.45, 7) is 4.77. The molecule has 21 heavy (non-hydrogen) atoms. The third kappa shape index (κ3) is 5.74. The van der Waals surface area contributed by atoms with E-state index in [0.717, 1.165) is 26.1 Å². The summed E-state index contributed by atoms with van der Waals surface area (Å²) in [5.74, 6) is 0. The van der Waals surface area contributed by atoms with E-state index in [1.807, 2.05) is 18.2 Å². The lowest BCUT2D eigenvalue weighted by molar-refractivity contribution is 0.0839. The monoisotopic (exact) mass is 312 g/mol. The highest BCUT2D eigenvalue weighted by Gasteiger charge is 2.17. The number of nitrogens with zero attached hydrogens (tertiary/aromatic N) is 2. The second-order valence-corrected chi connectivity index (χ2v) is 7.37. The highest BCUT2D eigenvalue weighted by Crippen LogP contribution is 2.08. The molecule has 2 rings (SSSR count). The van der Waals surface area contributed by atoms with E-state index >= 15 is 0 Å². The van der Waals surface area contributed by atoms with Crippen LogP contribution in [0.2, 0.25) is 0 Å². The first-order valence-electron chi connectivity index (χ1n) is 7.35. The molecule has 1 heterocycles. The summed E-state index contributed by atoms with van der Waals surface area (Å²) < 4.78 is 30.4. The van der Waals surface area contributed by atoms with Gasteiger partial charge >= 0.3 is 0 Å². The number of benzene rings is 1. The van der Waals surface area contributed by atoms with E-state index in [0.29, 0.717) is 26.3 Å². The quantitative estimate of drug-likeness (QED) is 0.841. The predicted octanol–water partition coefficient (Wildman–Crippen LogP) is 1.17. The number of hydrogen-bond acceptors (Lipinski definition) is 4.